The predicted molar refractivity (Wildman–Crippen MR) is 66.9 cm³/mol. The van der Waals surface area contributed by atoms with E-state index < -0.39 is 17.8 Å². The number of rotatable bonds is 5. The first-order valence-corrected chi connectivity index (χ1v) is 6.81. The summed E-state index contributed by atoms with van der Waals surface area (Å²) in [5.74, 6) is -2.60. The summed E-state index contributed by atoms with van der Waals surface area (Å²) in [6, 6.07) is 0. The maximum Gasteiger partial charge on any atom is 0.333 e. The molecule has 2 rings (SSSR count). The van der Waals surface area contributed by atoms with Crippen LogP contribution in [0.5, 0.6) is 0 Å². The van der Waals surface area contributed by atoms with E-state index in [9.17, 15) is 24.0 Å². The number of carbonyl (C=O) groups is 5. The fourth-order valence-electron chi connectivity index (χ4n) is 2.27. The van der Waals surface area contributed by atoms with Gasteiger partial charge in [0.2, 0.25) is 11.8 Å². The second-order valence-electron chi connectivity index (χ2n) is 5.14. The number of hydroxylamine groups is 2. The lowest BCUT2D eigenvalue weighted by Gasteiger charge is -2.15. The fraction of sp³-hybridized carbons (Fsp3) is 0.615. The molecule has 114 valence electrons. The average Bonchev–Trinajstić information content (AvgIpc) is 2.85. The van der Waals surface area contributed by atoms with Gasteiger partial charge in [-0.1, -0.05) is 6.92 Å². The van der Waals surface area contributed by atoms with Crippen LogP contribution in [0.2, 0.25) is 0 Å². The third-order valence-electron chi connectivity index (χ3n) is 3.43. The molecule has 2 saturated heterocycles. The Kier molecular flexibility index (Phi) is 4.35. The van der Waals surface area contributed by atoms with E-state index in [1.165, 1.54) is 0 Å². The van der Waals surface area contributed by atoms with Crippen molar-refractivity contribution in [2.45, 2.75) is 39.0 Å². The zero-order valence-corrected chi connectivity index (χ0v) is 11.7. The van der Waals surface area contributed by atoms with Crippen molar-refractivity contribution in [1.29, 1.82) is 0 Å². The number of amides is 4. The molecule has 2 aliphatic heterocycles. The van der Waals surface area contributed by atoms with E-state index >= 15 is 0 Å². The van der Waals surface area contributed by atoms with Gasteiger partial charge in [0, 0.05) is 38.1 Å². The van der Waals surface area contributed by atoms with Crippen molar-refractivity contribution in [3.8, 4) is 0 Å². The van der Waals surface area contributed by atoms with E-state index in [1.54, 1.807) is 6.92 Å². The quantitative estimate of drug-likeness (QED) is 0.649. The van der Waals surface area contributed by atoms with Gasteiger partial charge < -0.3 is 4.84 Å². The SMILES string of the molecule is CC1CC(=O)N(CCCC(=O)ON2C(=O)CCC2=O)C1=O. The van der Waals surface area contributed by atoms with E-state index in [1.807, 2.05) is 0 Å². The van der Waals surface area contributed by atoms with Crippen molar-refractivity contribution in [2.24, 2.45) is 5.92 Å². The molecular formula is C13H16N2O6. The monoisotopic (exact) mass is 296 g/mol. The number of hydrogen-bond donors (Lipinski definition) is 0. The molecule has 0 aliphatic carbocycles. The highest BCUT2D eigenvalue weighted by Crippen LogP contribution is 2.19. The summed E-state index contributed by atoms with van der Waals surface area (Å²) in [6.45, 7) is 1.82. The molecule has 21 heavy (non-hydrogen) atoms. The summed E-state index contributed by atoms with van der Waals surface area (Å²) in [7, 11) is 0. The number of nitrogens with zero attached hydrogens (tertiary/aromatic N) is 2. The highest BCUT2D eigenvalue weighted by molar-refractivity contribution is 6.03. The van der Waals surface area contributed by atoms with Gasteiger partial charge in [-0.05, 0) is 6.42 Å². The van der Waals surface area contributed by atoms with Crippen molar-refractivity contribution in [3.63, 3.8) is 0 Å². The largest absolute Gasteiger partial charge is 0.333 e. The molecule has 0 aromatic rings. The normalized spacial score (nSPS) is 22.4. The number of hydrogen-bond acceptors (Lipinski definition) is 6. The fourth-order valence-corrected chi connectivity index (χ4v) is 2.27. The molecule has 0 spiro atoms. The van der Waals surface area contributed by atoms with Gasteiger partial charge in [-0.3, -0.25) is 24.1 Å². The van der Waals surface area contributed by atoms with E-state index in [0.717, 1.165) is 4.90 Å². The Morgan fingerprint density at radius 3 is 2.29 bits per heavy atom. The van der Waals surface area contributed by atoms with Crippen LogP contribution in [0.4, 0.5) is 0 Å². The maximum absolute atomic E-state index is 11.6. The Balaban J connectivity index is 1.75. The molecule has 0 aromatic carbocycles. The van der Waals surface area contributed by atoms with Crippen LogP contribution < -0.4 is 0 Å². The second kappa shape index (κ2) is 6.02. The number of imide groups is 2. The lowest BCUT2D eigenvalue weighted by molar-refractivity contribution is -0.197. The van der Waals surface area contributed by atoms with Gasteiger partial charge in [0.05, 0.1) is 0 Å². The summed E-state index contributed by atoms with van der Waals surface area (Å²) in [5.41, 5.74) is 0. The third kappa shape index (κ3) is 3.26. The molecule has 2 fully saturated rings. The Morgan fingerprint density at radius 1 is 1.14 bits per heavy atom. The summed E-state index contributed by atoms with van der Waals surface area (Å²) in [6.07, 6.45) is 0.434. The van der Waals surface area contributed by atoms with E-state index in [4.69, 9.17) is 0 Å². The van der Waals surface area contributed by atoms with Gasteiger partial charge in [0.15, 0.2) is 0 Å². The minimum atomic E-state index is -0.731. The Bertz CT molecular complexity index is 499. The van der Waals surface area contributed by atoms with Gasteiger partial charge in [0.1, 0.15) is 0 Å². The van der Waals surface area contributed by atoms with Gasteiger partial charge in [-0.2, -0.15) is 0 Å². The van der Waals surface area contributed by atoms with Gasteiger partial charge >= 0.3 is 5.97 Å². The molecule has 0 radical (unpaired) electrons. The zero-order valence-electron chi connectivity index (χ0n) is 11.7. The van der Waals surface area contributed by atoms with E-state index in [-0.39, 0.29) is 56.4 Å². The van der Waals surface area contributed by atoms with Crippen LogP contribution >= 0.6 is 0 Å². The molecule has 8 heteroatoms. The van der Waals surface area contributed by atoms with Crippen molar-refractivity contribution in [3.05, 3.63) is 0 Å². The average molecular weight is 296 g/mol. The minimum absolute atomic E-state index is 0.0424. The van der Waals surface area contributed by atoms with Crippen molar-refractivity contribution in [2.75, 3.05) is 6.54 Å². The molecule has 0 bridgehead atoms. The highest BCUT2D eigenvalue weighted by atomic mass is 16.7. The Labute approximate surface area is 121 Å². The summed E-state index contributed by atoms with van der Waals surface area (Å²) >= 11 is 0. The topological polar surface area (TPSA) is 101 Å². The molecule has 0 saturated carbocycles. The minimum Gasteiger partial charge on any atom is -0.330 e. The first-order valence-electron chi connectivity index (χ1n) is 6.81. The van der Waals surface area contributed by atoms with Crippen molar-refractivity contribution < 1.29 is 28.8 Å². The van der Waals surface area contributed by atoms with Crippen LogP contribution in [-0.2, 0) is 28.8 Å². The number of carbonyl (C=O) groups excluding carboxylic acids is 5. The highest BCUT2D eigenvalue weighted by Gasteiger charge is 2.35. The molecule has 0 N–H and O–H groups in total. The lowest BCUT2D eigenvalue weighted by atomic mass is 10.1. The lowest BCUT2D eigenvalue weighted by Crippen LogP contribution is -2.33. The standard InChI is InChI=1S/C13H16N2O6/c1-8-7-11(18)14(13(8)20)6-2-3-12(19)21-15-9(16)4-5-10(15)17/h8H,2-7H2,1H3. The molecule has 1 atom stereocenters. The van der Waals surface area contributed by atoms with Gasteiger partial charge in [-0.25, -0.2) is 4.79 Å². The first kappa shape index (κ1) is 15.1. The molecule has 1 unspecified atom stereocenters. The number of likely N-dealkylation sites (tertiary alicyclic amines) is 1. The van der Waals surface area contributed by atoms with Crippen LogP contribution in [0.1, 0.15) is 39.0 Å². The van der Waals surface area contributed by atoms with E-state index in [0.29, 0.717) is 5.06 Å². The molecule has 2 aliphatic rings. The molecule has 2 heterocycles. The van der Waals surface area contributed by atoms with Crippen LogP contribution in [0.15, 0.2) is 0 Å². The van der Waals surface area contributed by atoms with Crippen molar-refractivity contribution >= 4 is 29.6 Å². The summed E-state index contributed by atoms with van der Waals surface area (Å²) in [5, 5.41) is 0.483. The van der Waals surface area contributed by atoms with Gasteiger partial charge in [0.25, 0.3) is 11.8 Å². The zero-order chi connectivity index (χ0) is 15.6. The van der Waals surface area contributed by atoms with Crippen molar-refractivity contribution in [1.82, 2.24) is 9.96 Å². The molecule has 4 amide bonds. The predicted octanol–water partition coefficient (Wildman–Crippen LogP) is -0.231. The van der Waals surface area contributed by atoms with Crippen LogP contribution in [0, 0.1) is 5.92 Å². The van der Waals surface area contributed by atoms with E-state index in [2.05, 4.69) is 4.84 Å². The molecule has 8 nitrogen and oxygen atoms in total. The van der Waals surface area contributed by atoms with Crippen LogP contribution in [0.3, 0.4) is 0 Å². The van der Waals surface area contributed by atoms with Crippen LogP contribution in [-0.4, -0.2) is 46.1 Å². The first-order chi connectivity index (χ1) is 9.90. The van der Waals surface area contributed by atoms with Crippen LogP contribution in [0.25, 0.3) is 0 Å². The Hall–Kier alpha value is -2.25. The van der Waals surface area contributed by atoms with Gasteiger partial charge in [-0.15, -0.1) is 5.06 Å². The maximum atomic E-state index is 11.6. The smallest absolute Gasteiger partial charge is 0.330 e. The third-order valence-corrected chi connectivity index (χ3v) is 3.43. The Morgan fingerprint density at radius 2 is 1.76 bits per heavy atom. The second-order valence-corrected chi connectivity index (χ2v) is 5.14. The molecule has 0 aromatic heterocycles. The molecular weight excluding hydrogens is 280 g/mol. The summed E-state index contributed by atoms with van der Waals surface area (Å²) in [4.78, 5) is 63.0. The summed E-state index contributed by atoms with van der Waals surface area (Å²) < 4.78 is 0.